The summed E-state index contributed by atoms with van der Waals surface area (Å²) >= 11 is 1.58. The Labute approximate surface area is 188 Å². The normalized spacial score (nSPS) is 11.4. The molecule has 2 aromatic heterocycles. The number of thiophene rings is 1. The minimum absolute atomic E-state index is 0.473. The molecule has 0 bridgehead atoms. The van der Waals surface area contributed by atoms with Crippen LogP contribution in [0.2, 0.25) is 0 Å². The molecule has 0 saturated carbocycles. The Morgan fingerprint density at radius 3 is 2.09 bits per heavy atom. The highest BCUT2D eigenvalue weighted by molar-refractivity contribution is 7.26. The maximum atomic E-state index is 15.5. The number of nitriles is 2. The van der Waals surface area contributed by atoms with E-state index in [1.807, 2.05) is 42.5 Å². The lowest BCUT2D eigenvalue weighted by atomic mass is 10.1. The van der Waals surface area contributed by atoms with E-state index in [1.165, 1.54) is 10.6 Å². The Kier molecular flexibility index (Phi) is 4.01. The highest BCUT2D eigenvalue weighted by Crippen LogP contribution is 2.44. The molecular formula is C26H10F3N3S. The van der Waals surface area contributed by atoms with Crippen LogP contribution in [0.3, 0.4) is 0 Å². The number of para-hydroxylation sites is 1. The standard InChI is InChI=1S/C26H10F3N3S/c27-22-16(11-30)24(29)25(17(12-31)23(22)28)32-18-7-3-1-6-15(18)21-19(32)10-9-14-13-5-2-4-8-20(13)33-26(14)21/h1-10H. The molecule has 0 amide bonds. The van der Waals surface area contributed by atoms with Crippen molar-refractivity contribution in [2.75, 3.05) is 0 Å². The summed E-state index contributed by atoms with van der Waals surface area (Å²) in [6.07, 6.45) is 0. The highest BCUT2D eigenvalue weighted by atomic mass is 32.1. The molecule has 0 aliphatic carbocycles. The van der Waals surface area contributed by atoms with Crippen LogP contribution in [0.5, 0.6) is 0 Å². The minimum atomic E-state index is -1.66. The maximum Gasteiger partial charge on any atom is 0.181 e. The summed E-state index contributed by atoms with van der Waals surface area (Å²) in [5.41, 5.74) is -1.28. The van der Waals surface area contributed by atoms with Crippen LogP contribution in [-0.4, -0.2) is 4.57 Å². The fraction of sp³-hybridized carbons (Fsp3) is 0. The molecule has 0 atom stereocenters. The summed E-state index contributed by atoms with van der Waals surface area (Å²) in [6, 6.07) is 21.8. The predicted molar refractivity (Wildman–Crippen MR) is 123 cm³/mol. The van der Waals surface area contributed by atoms with Crippen LogP contribution in [0, 0.1) is 40.1 Å². The Morgan fingerprint density at radius 2 is 1.33 bits per heavy atom. The molecule has 7 heteroatoms. The molecule has 0 aliphatic heterocycles. The summed E-state index contributed by atoms with van der Waals surface area (Å²) < 4.78 is 48.0. The van der Waals surface area contributed by atoms with Crippen molar-refractivity contribution in [2.24, 2.45) is 0 Å². The number of rotatable bonds is 1. The van der Waals surface area contributed by atoms with E-state index in [0.29, 0.717) is 11.0 Å². The van der Waals surface area contributed by atoms with Gasteiger partial charge in [-0.3, -0.25) is 0 Å². The third-order valence-electron chi connectivity index (χ3n) is 5.92. The summed E-state index contributed by atoms with van der Waals surface area (Å²) in [4.78, 5) is 0. The molecule has 0 unspecified atom stereocenters. The van der Waals surface area contributed by atoms with Gasteiger partial charge in [0.25, 0.3) is 0 Å². The number of aromatic nitrogens is 1. The molecule has 0 fully saturated rings. The number of hydrogen-bond acceptors (Lipinski definition) is 3. The van der Waals surface area contributed by atoms with Crippen molar-refractivity contribution < 1.29 is 13.2 Å². The molecule has 0 spiro atoms. The van der Waals surface area contributed by atoms with E-state index in [4.69, 9.17) is 0 Å². The van der Waals surface area contributed by atoms with Gasteiger partial charge in [0.05, 0.1) is 11.0 Å². The summed E-state index contributed by atoms with van der Waals surface area (Å²) in [7, 11) is 0. The van der Waals surface area contributed by atoms with Crippen LogP contribution < -0.4 is 0 Å². The lowest BCUT2D eigenvalue weighted by Gasteiger charge is -2.13. The minimum Gasteiger partial charge on any atom is -0.305 e. The molecule has 0 aliphatic rings. The summed E-state index contributed by atoms with van der Waals surface area (Å²) in [5.74, 6) is -4.48. The SMILES string of the molecule is N#Cc1c(F)c(F)c(C#N)c(-n2c3ccccc3c3c4sc5ccccc5c4ccc32)c1F. The topological polar surface area (TPSA) is 52.5 Å². The average Bonchev–Trinajstić information content (AvgIpc) is 3.37. The smallest absolute Gasteiger partial charge is 0.181 e. The zero-order valence-electron chi connectivity index (χ0n) is 16.7. The molecule has 156 valence electrons. The van der Waals surface area contributed by atoms with Crippen molar-refractivity contribution in [3.05, 3.63) is 89.2 Å². The van der Waals surface area contributed by atoms with Crippen molar-refractivity contribution in [2.45, 2.75) is 0 Å². The molecule has 0 radical (unpaired) electrons. The second-order valence-electron chi connectivity index (χ2n) is 7.55. The second-order valence-corrected chi connectivity index (χ2v) is 8.60. The van der Waals surface area contributed by atoms with Gasteiger partial charge in [0.1, 0.15) is 29.0 Å². The van der Waals surface area contributed by atoms with Crippen molar-refractivity contribution in [1.29, 1.82) is 10.5 Å². The molecule has 0 saturated heterocycles. The number of halogens is 3. The monoisotopic (exact) mass is 453 g/mol. The van der Waals surface area contributed by atoms with Crippen LogP contribution >= 0.6 is 11.3 Å². The van der Waals surface area contributed by atoms with Crippen LogP contribution in [0.4, 0.5) is 13.2 Å². The van der Waals surface area contributed by atoms with Crippen LogP contribution in [-0.2, 0) is 0 Å². The van der Waals surface area contributed by atoms with E-state index in [2.05, 4.69) is 0 Å². The molecule has 6 aromatic rings. The number of benzene rings is 4. The Bertz CT molecular complexity index is 1880. The van der Waals surface area contributed by atoms with Crippen LogP contribution in [0.15, 0.2) is 60.7 Å². The molecule has 4 aromatic carbocycles. The molecule has 33 heavy (non-hydrogen) atoms. The number of hydrogen-bond donors (Lipinski definition) is 0. The van der Waals surface area contributed by atoms with Gasteiger partial charge in [-0.15, -0.1) is 11.3 Å². The third-order valence-corrected chi connectivity index (χ3v) is 7.13. The third kappa shape index (κ3) is 2.43. The molecular weight excluding hydrogens is 443 g/mol. The van der Waals surface area contributed by atoms with Crippen molar-refractivity contribution in [1.82, 2.24) is 4.57 Å². The zero-order valence-corrected chi connectivity index (χ0v) is 17.5. The van der Waals surface area contributed by atoms with Crippen LogP contribution in [0.25, 0.3) is 47.7 Å². The first-order chi connectivity index (χ1) is 16.1. The summed E-state index contributed by atoms with van der Waals surface area (Å²) in [5, 5.41) is 22.6. The van der Waals surface area contributed by atoms with Gasteiger partial charge in [0.2, 0.25) is 0 Å². The first-order valence-electron chi connectivity index (χ1n) is 9.91. The average molecular weight is 453 g/mol. The largest absolute Gasteiger partial charge is 0.305 e. The molecule has 0 N–H and O–H groups in total. The van der Waals surface area contributed by atoms with Crippen molar-refractivity contribution in [3.63, 3.8) is 0 Å². The maximum absolute atomic E-state index is 15.5. The van der Waals surface area contributed by atoms with Gasteiger partial charge in [0, 0.05) is 30.9 Å². The van der Waals surface area contributed by atoms with Gasteiger partial charge in [-0.05, 0) is 18.2 Å². The van der Waals surface area contributed by atoms with E-state index in [-0.39, 0.29) is 0 Å². The number of nitrogens with zero attached hydrogens (tertiary/aromatic N) is 3. The first-order valence-corrected chi connectivity index (χ1v) is 10.7. The van der Waals surface area contributed by atoms with Gasteiger partial charge in [0.15, 0.2) is 17.5 Å². The zero-order chi connectivity index (χ0) is 22.9. The van der Waals surface area contributed by atoms with Gasteiger partial charge in [-0.25, -0.2) is 13.2 Å². The van der Waals surface area contributed by atoms with Gasteiger partial charge < -0.3 is 4.57 Å². The van der Waals surface area contributed by atoms with E-state index >= 15 is 4.39 Å². The molecule has 3 nitrogen and oxygen atoms in total. The Balaban J connectivity index is 1.89. The van der Waals surface area contributed by atoms with Crippen molar-refractivity contribution >= 4 is 53.3 Å². The van der Waals surface area contributed by atoms with Gasteiger partial charge >= 0.3 is 0 Å². The highest BCUT2D eigenvalue weighted by Gasteiger charge is 2.29. The van der Waals surface area contributed by atoms with E-state index in [0.717, 1.165) is 30.9 Å². The quantitative estimate of drug-likeness (QED) is 0.245. The fourth-order valence-corrected chi connectivity index (χ4v) is 5.79. The fourth-order valence-electron chi connectivity index (χ4n) is 4.53. The van der Waals surface area contributed by atoms with E-state index < -0.39 is 34.3 Å². The molecule has 2 heterocycles. The Morgan fingerprint density at radius 1 is 0.667 bits per heavy atom. The Hall–Kier alpha value is -4.33. The van der Waals surface area contributed by atoms with Gasteiger partial charge in [-0.2, -0.15) is 10.5 Å². The van der Waals surface area contributed by atoms with E-state index in [1.54, 1.807) is 35.6 Å². The van der Waals surface area contributed by atoms with E-state index in [9.17, 15) is 19.3 Å². The first kappa shape index (κ1) is 19.4. The second kappa shape index (κ2) is 6.83. The summed E-state index contributed by atoms with van der Waals surface area (Å²) in [6.45, 7) is 0. The van der Waals surface area contributed by atoms with Crippen molar-refractivity contribution in [3.8, 4) is 17.8 Å². The lowest BCUT2D eigenvalue weighted by Crippen LogP contribution is -2.09. The number of fused-ring (bicyclic) bond motifs is 7. The predicted octanol–water partition coefficient (Wildman–Crippen LogP) is 7.31. The molecule has 6 rings (SSSR count). The van der Waals surface area contributed by atoms with Crippen LogP contribution in [0.1, 0.15) is 11.1 Å². The van der Waals surface area contributed by atoms with Gasteiger partial charge in [-0.1, -0.05) is 42.5 Å². The lowest BCUT2D eigenvalue weighted by molar-refractivity contribution is 0.487.